The van der Waals surface area contributed by atoms with E-state index < -0.39 is 5.97 Å². The molecule has 0 bridgehead atoms. The standard InChI is InChI=1S/C27H44O5/c1-3-4-5-6-7-8-9-10-11-15-19-26(32-23(2)28)25(20-16-21-27(29)30)31-22-24-17-13-12-14-18-24/h12-14,17-18,25-26H,3-11,15-16,19-22H2,1-2H3,(H,29,30). The van der Waals surface area contributed by atoms with Crippen LogP contribution in [0.15, 0.2) is 30.3 Å². The van der Waals surface area contributed by atoms with Gasteiger partial charge < -0.3 is 14.6 Å². The lowest BCUT2D eigenvalue weighted by atomic mass is 9.99. The summed E-state index contributed by atoms with van der Waals surface area (Å²) in [6.45, 7) is 4.10. The second-order valence-electron chi connectivity index (χ2n) is 8.74. The van der Waals surface area contributed by atoms with Gasteiger partial charge in [0.05, 0.1) is 12.7 Å². The Bertz CT molecular complexity index is 601. The summed E-state index contributed by atoms with van der Waals surface area (Å²) in [6.07, 6.45) is 13.8. The molecule has 0 saturated heterocycles. The molecule has 0 aliphatic carbocycles. The molecule has 1 rings (SSSR count). The highest BCUT2D eigenvalue weighted by atomic mass is 16.6. The minimum absolute atomic E-state index is 0.0935. The molecule has 1 aromatic rings. The largest absolute Gasteiger partial charge is 0.481 e. The minimum Gasteiger partial charge on any atom is -0.481 e. The molecule has 0 saturated carbocycles. The molecule has 2 atom stereocenters. The monoisotopic (exact) mass is 448 g/mol. The van der Waals surface area contributed by atoms with E-state index in [4.69, 9.17) is 14.6 Å². The van der Waals surface area contributed by atoms with E-state index in [0.29, 0.717) is 19.4 Å². The topological polar surface area (TPSA) is 72.8 Å². The fraction of sp³-hybridized carbons (Fsp3) is 0.704. The number of carbonyl (C=O) groups is 2. The summed E-state index contributed by atoms with van der Waals surface area (Å²) < 4.78 is 11.8. The van der Waals surface area contributed by atoms with Gasteiger partial charge in [-0.1, -0.05) is 95.0 Å². The van der Waals surface area contributed by atoms with Gasteiger partial charge in [-0.2, -0.15) is 0 Å². The normalized spacial score (nSPS) is 12.9. The summed E-state index contributed by atoms with van der Waals surface area (Å²) in [4.78, 5) is 22.7. The van der Waals surface area contributed by atoms with Gasteiger partial charge >= 0.3 is 11.9 Å². The maximum absolute atomic E-state index is 11.7. The zero-order valence-electron chi connectivity index (χ0n) is 20.2. The van der Waals surface area contributed by atoms with Crippen molar-refractivity contribution in [2.24, 2.45) is 0 Å². The smallest absolute Gasteiger partial charge is 0.303 e. The van der Waals surface area contributed by atoms with Crippen molar-refractivity contribution in [1.82, 2.24) is 0 Å². The van der Waals surface area contributed by atoms with Crippen LogP contribution in [0.25, 0.3) is 0 Å². The zero-order chi connectivity index (χ0) is 23.4. The summed E-state index contributed by atoms with van der Waals surface area (Å²) in [5.41, 5.74) is 1.05. The molecule has 0 fully saturated rings. The van der Waals surface area contributed by atoms with Gasteiger partial charge in [0.25, 0.3) is 0 Å². The Balaban J connectivity index is 2.48. The number of benzene rings is 1. The number of carbonyl (C=O) groups excluding carboxylic acids is 1. The number of hydrogen-bond donors (Lipinski definition) is 1. The van der Waals surface area contributed by atoms with Gasteiger partial charge in [0.1, 0.15) is 6.10 Å². The van der Waals surface area contributed by atoms with Crippen LogP contribution in [0.4, 0.5) is 0 Å². The summed E-state index contributed by atoms with van der Waals surface area (Å²) in [7, 11) is 0. The summed E-state index contributed by atoms with van der Waals surface area (Å²) in [6, 6.07) is 9.88. The van der Waals surface area contributed by atoms with Crippen molar-refractivity contribution in [2.75, 3.05) is 0 Å². The van der Waals surface area contributed by atoms with E-state index in [-0.39, 0.29) is 24.6 Å². The highest BCUT2D eigenvalue weighted by molar-refractivity contribution is 5.66. The van der Waals surface area contributed by atoms with E-state index in [1.807, 2.05) is 30.3 Å². The van der Waals surface area contributed by atoms with Crippen LogP contribution in [0.2, 0.25) is 0 Å². The van der Waals surface area contributed by atoms with E-state index in [9.17, 15) is 9.59 Å². The molecular formula is C27H44O5. The molecule has 0 amide bonds. The van der Waals surface area contributed by atoms with Crippen LogP contribution in [0.5, 0.6) is 0 Å². The fourth-order valence-corrected chi connectivity index (χ4v) is 3.98. The second-order valence-corrected chi connectivity index (χ2v) is 8.74. The number of rotatable bonds is 20. The van der Waals surface area contributed by atoms with Gasteiger partial charge in [-0.15, -0.1) is 0 Å². The predicted octanol–water partition coefficient (Wildman–Crippen LogP) is 7.07. The van der Waals surface area contributed by atoms with E-state index in [1.54, 1.807) is 0 Å². The Morgan fingerprint density at radius 2 is 1.38 bits per heavy atom. The molecule has 5 heteroatoms. The van der Waals surface area contributed by atoms with Gasteiger partial charge in [-0.05, 0) is 31.2 Å². The van der Waals surface area contributed by atoms with E-state index >= 15 is 0 Å². The lowest BCUT2D eigenvalue weighted by Crippen LogP contribution is -2.33. The third kappa shape index (κ3) is 15.0. The third-order valence-electron chi connectivity index (χ3n) is 5.76. The van der Waals surface area contributed by atoms with Gasteiger partial charge in [0.2, 0.25) is 0 Å². The van der Waals surface area contributed by atoms with Crippen molar-refractivity contribution < 1.29 is 24.2 Å². The summed E-state index contributed by atoms with van der Waals surface area (Å²) in [5, 5.41) is 9.00. The van der Waals surface area contributed by atoms with Crippen molar-refractivity contribution in [2.45, 2.75) is 123 Å². The number of unbranched alkanes of at least 4 members (excludes halogenated alkanes) is 9. The first-order valence-corrected chi connectivity index (χ1v) is 12.6. The number of carboxylic acid groups (broad SMARTS) is 1. The van der Waals surface area contributed by atoms with Crippen molar-refractivity contribution in [1.29, 1.82) is 0 Å². The first kappa shape index (κ1) is 28.2. The molecule has 32 heavy (non-hydrogen) atoms. The van der Waals surface area contributed by atoms with Crippen LogP contribution in [0, 0.1) is 0 Å². The van der Waals surface area contributed by atoms with Gasteiger partial charge in [0, 0.05) is 13.3 Å². The zero-order valence-corrected chi connectivity index (χ0v) is 20.2. The number of esters is 1. The highest BCUT2D eigenvalue weighted by Crippen LogP contribution is 2.21. The Hall–Kier alpha value is -1.88. The van der Waals surface area contributed by atoms with E-state index in [2.05, 4.69) is 6.92 Å². The number of hydrogen-bond acceptors (Lipinski definition) is 4. The molecular weight excluding hydrogens is 404 g/mol. The quantitative estimate of drug-likeness (QED) is 0.171. The second kappa shape index (κ2) is 18.7. The van der Waals surface area contributed by atoms with Crippen molar-refractivity contribution in [3.05, 3.63) is 35.9 Å². The van der Waals surface area contributed by atoms with Crippen molar-refractivity contribution in [3.8, 4) is 0 Å². The van der Waals surface area contributed by atoms with Crippen LogP contribution < -0.4 is 0 Å². The number of ether oxygens (including phenoxy) is 2. The molecule has 182 valence electrons. The van der Waals surface area contributed by atoms with Gasteiger partial charge in [0.15, 0.2) is 0 Å². The molecule has 0 aromatic heterocycles. The van der Waals surface area contributed by atoms with E-state index in [1.165, 1.54) is 58.3 Å². The Morgan fingerprint density at radius 1 is 0.812 bits per heavy atom. The Morgan fingerprint density at radius 3 is 1.94 bits per heavy atom. The molecule has 0 radical (unpaired) electrons. The lowest BCUT2D eigenvalue weighted by molar-refractivity contribution is -0.157. The van der Waals surface area contributed by atoms with Crippen LogP contribution in [-0.2, 0) is 25.7 Å². The first-order valence-electron chi connectivity index (χ1n) is 12.6. The number of aliphatic carboxylic acids is 1. The highest BCUT2D eigenvalue weighted by Gasteiger charge is 2.25. The molecule has 0 heterocycles. The van der Waals surface area contributed by atoms with Crippen LogP contribution >= 0.6 is 0 Å². The van der Waals surface area contributed by atoms with Crippen LogP contribution in [0.3, 0.4) is 0 Å². The lowest BCUT2D eigenvalue weighted by Gasteiger charge is -2.27. The average molecular weight is 449 g/mol. The molecule has 0 aliphatic rings. The third-order valence-corrected chi connectivity index (χ3v) is 5.76. The average Bonchev–Trinajstić information content (AvgIpc) is 2.77. The Kier molecular flexibility index (Phi) is 16.4. The number of carboxylic acids is 1. The SMILES string of the molecule is CCCCCCCCCCCCC(OC(C)=O)C(CCCC(=O)O)OCc1ccccc1. The van der Waals surface area contributed by atoms with Gasteiger partial charge in [-0.3, -0.25) is 9.59 Å². The summed E-state index contributed by atoms with van der Waals surface area (Å²) >= 11 is 0. The minimum atomic E-state index is -0.814. The van der Waals surface area contributed by atoms with Crippen LogP contribution in [-0.4, -0.2) is 29.3 Å². The molecule has 1 N–H and O–H groups in total. The molecule has 2 unspecified atom stereocenters. The summed E-state index contributed by atoms with van der Waals surface area (Å²) in [5.74, 6) is -1.13. The molecule has 5 nitrogen and oxygen atoms in total. The van der Waals surface area contributed by atoms with Gasteiger partial charge in [-0.25, -0.2) is 0 Å². The fourth-order valence-electron chi connectivity index (χ4n) is 3.98. The molecule has 0 spiro atoms. The van der Waals surface area contributed by atoms with E-state index in [0.717, 1.165) is 24.8 Å². The van der Waals surface area contributed by atoms with Crippen LogP contribution in [0.1, 0.15) is 109 Å². The predicted molar refractivity (Wildman–Crippen MR) is 129 cm³/mol. The van der Waals surface area contributed by atoms with Crippen molar-refractivity contribution in [3.63, 3.8) is 0 Å². The first-order chi connectivity index (χ1) is 15.5. The maximum atomic E-state index is 11.7. The maximum Gasteiger partial charge on any atom is 0.303 e. The Labute approximate surface area is 194 Å². The molecule has 1 aromatic carbocycles. The van der Waals surface area contributed by atoms with Crippen molar-refractivity contribution >= 4 is 11.9 Å². The molecule has 0 aliphatic heterocycles.